The first-order chi connectivity index (χ1) is 9.69. The second kappa shape index (κ2) is 6.71. The van der Waals surface area contributed by atoms with Crippen molar-refractivity contribution in [2.45, 2.75) is 40.3 Å². The molecule has 0 aliphatic rings. The van der Waals surface area contributed by atoms with E-state index in [2.05, 4.69) is 67.2 Å². The van der Waals surface area contributed by atoms with E-state index < -0.39 is 0 Å². The fourth-order valence-corrected chi connectivity index (χ4v) is 2.72. The Bertz CT molecular complexity index is 561. The molecule has 0 aliphatic carbocycles. The van der Waals surface area contributed by atoms with E-state index in [4.69, 9.17) is 0 Å². The van der Waals surface area contributed by atoms with E-state index >= 15 is 0 Å². The smallest absolute Gasteiger partial charge is 0.0790 e. The van der Waals surface area contributed by atoms with E-state index in [1.807, 2.05) is 6.07 Å². The monoisotopic (exact) mass is 271 g/mol. The highest BCUT2D eigenvalue weighted by Gasteiger charge is 2.14. The summed E-state index contributed by atoms with van der Waals surface area (Å²) in [6, 6.07) is 10.5. The molecule has 0 spiro atoms. The number of aryl methyl sites for hydroxylation is 1. The minimum absolute atomic E-state index is 0.371. The Hall–Kier alpha value is -1.61. The molecule has 0 amide bonds. The Morgan fingerprint density at radius 3 is 2.50 bits per heavy atom. The molecule has 1 atom stereocenters. The van der Waals surface area contributed by atoms with Gasteiger partial charge in [0, 0.05) is 16.8 Å². The Balaban J connectivity index is 2.36. The zero-order valence-electron chi connectivity index (χ0n) is 13.0. The molecule has 108 valence electrons. The number of fused-ring (bicyclic) bond motifs is 1. The second-order valence-corrected chi connectivity index (χ2v) is 5.12. The standard InChI is InChI=1S/C17H25N3/c1-5-17(20(6-2)7-3)19-16-12-13(4)18-15-11-9-8-10-14(15)16/h8-12,17H,5-7H2,1-4H3,(H,18,19). The topological polar surface area (TPSA) is 28.2 Å². The van der Waals surface area contributed by atoms with Crippen molar-refractivity contribution < 1.29 is 0 Å². The zero-order valence-corrected chi connectivity index (χ0v) is 13.0. The molecular formula is C17H25N3. The SMILES string of the molecule is CCC(Nc1cc(C)nc2ccccc12)N(CC)CC. The van der Waals surface area contributed by atoms with Gasteiger partial charge in [0.15, 0.2) is 0 Å². The number of benzene rings is 1. The molecule has 1 unspecified atom stereocenters. The average Bonchev–Trinajstić information content (AvgIpc) is 2.47. The lowest BCUT2D eigenvalue weighted by Gasteiger charge is -2.30. The Labute approximate surface area is 122 Å². The van der Waals surface area contributed by atoms with Crippen molar-refractivity contribution in [3.05, 3.63) is 36.0 Å². The van der Waals surface area contributed by atoms with E-state index in [9.17, 15) is 0 Å². The van der Waals surface area contributed by atoms with Crippen LogP contribution in [0.3, 0.4) is 0 Å². The first-order valence-electron chi connectivity index (χ1n) is 7.56. The van der Waals surface area contributed by atoms with E-state index in [1.165, 1.54) is 11.1 Å². The molecule has 0 radical (unpaired) electrons. The molecule has 0 saturated heterocycles. The van der Waals surface area contributed by atoms with Crippen LogP contribution < -0.4 is 5.32 Å². The summed E-state index contributed by atoms with van der Waals surface area (Å²) in [5.74, 6) is 0. The van der Waals surface area contributed by atoms with Gasteiger partial charge in [0.25, 0.3) is 0 Å². The molecule has 1 N–H and O–H groups in total. The number of hydrogen-bond donors (Lipinski definition) is 1. The minimum atomic E-state index is 0.371. The molecule has 0 bridgehead atoms. The van der Waals surface area contributed by atoms with E-state index in [0.717, 1.165) is 30.7 Å². The fourth-order valence-electron chi connectivity index (χ4n) is 2.72. The quantitative estimate of drug-likeness (QED) is 0.804. The summed E-state index contributed by atoms with van der Waals surface area (Å²) in [6.45, 7) is 10.8. The number of pyridine rings is 1. The predicted octanol–water partition coefficient (Wildman–Crippen LogP) is 4.03. The lowest BCUT2D eigenvalue weighted by atomic mass is 10.1. The van der Waals surface area contributed by atoms with Gasteiger partial charge in [-0.05, 0) is 38.6 Å². The van der Waals surface area contributed by atoms with Gasteiger partial charge in [-0.1, -0.05) is 39.0 Å². The van der Waals surface area contributed by atoms with E-state index in [-0.39, 0.29) is 0 Å². The number of aromatic nitrogens is 1. The molecule has 0 saturated carbocycles. The molecule has 0 aliphatic heterocycles. The predicted molar refractivity (Wildman–Crippen MR) is 87.1 cm³/mol. The highest BCUT2D eigenvalue weighted by molar-refractivity contribution is 5.91. The summed E-state index contributed by atoms with van der Waals surface area (Å²) < 4.78 is 0. The summed E-state index contributed by atoms with van der Waals surface area (Å²) in [6.07, 6.45) is 1.45. The lowest BCUT2D eigenvalue weighted by Crippen LogP contribution is -2.40. The van der Waals surface area contributed by atoms with Gasteiger partial charge in [0.1, 0.15) is 0 Å². The summed E-state index contributed by atoms with van der Waals surface area (Å²) in [4.78, 5) is 7.05. The maximum Gasteiger partial charge on any atom is 0.0790 e. The van der Waals surface area contributed by atoms with Crippen LogP contribution in [0, 0.1) is 6.92 Å². The van der Waals surface area contributed by atoms with Crippen molar-refractivity contribution in [1.29, 1.82) is 0 Å². The van der Waals surface area contributed by atoms with Crippen LogP contribution >= 0.6 is 0 Å². The number of anilines is 1. The van der Waals surface area contributed by atoms with Crippen molar-refractivity contribution in [1.82, 2.24) is 9.88 Å². The molecule has 1 aromatic heterocycles. The van der Waals surface area contributed by atoms with Crippen LogP contribution in [0.5, 0.6) is 0 Å². The summed E-state index contributed by atoms with van der Waals surface area (Å²) in [5, 5.41) is 4.90. The highest BCUT2D eigenvalue weighted by atomic mass is 15.3. The van der Waals surface area contributed by atoms with Crippen molar-refractivity contribution in [3.8, 4) is 0 Å². The molecule has 20 heavy (non-hydrogen) atoms. The van der Waals surface area contributed by atoms with Crippen molar-refractivity contribution in [2.24, 2.45) is 0 Å². The second-order valence-electron chi connectivity index (χ2n) is 5.12. The normalized spacial score (nSPS) is 12.8. The van der Waals surface area contributed by atoms with Crippen molar-refractivity contribution in [3.63, 3.8) is 0 Å². The first-order valence-corrected chi connectivity index (χ1v) is 7.56. The third-order valence-electron chi connectivity index (χ3n) is 3.81. The van der Waals surface area contributed by atoms with Gasteiger partial charge in [-0.25, -0.2) is 0 Å². The van der Waals surface area contributed by atoms with Gasteiger partial charge in [0.2, 0.25) is 0 Å². The van der Waals surface area contributed by atoms with Crippen LogP contribution in [0.1, 0.15) is 32.9 Å². The fraction of sp³-hybridized carbons (Fsp3) is 0.471. The number of para-hydroxylation sites is 1. The van der Waals surface area contributed by atoms with Crippen LogP contribution in [0.4, 0.5) is 5.69 Å². The molecule has 2 aromatic rings. The van der Waals surface area contributed by atoms with Gasteiger partial charge in [0.05, 0.1) is 11.7 Å². The van der Waals surface area contributed by atoms with E-state index in [0.29, 0.717) is 6.17 Å². The van der Waals surface area contributed by atoms with Crippen LogP contribution in [-0.2, 0) is 0 Å². The Morgan fingerprint density at radius 1 is 1.15 bits per heavy atom. The summed E-state index contributed by atoms with van der Waals surface area (Å²) in [7, 11) is 0. The van der Waals surface area contributed by atoms with E-state index in [1.54, 1.807) is 0 Å². The van der Waals surface area contributed by atoms with Crippen LogP contribution in [0.2, 0.25) is 0 Å². The Kier molecular flexibility index (Phi) is 4.96. The van der Waals surface area contributed by atoms with Gasteiger partial charge < -0.3 is 5.32 Å². The number of rotatable bonds is 6. The van der Waals surface area contributed by atoms with Crippen molar-refractivity contribution in [2.75, 3.05) is 18.4 Å². The molecule has 0 fully saturated rings. The van der Waals surface area contributed by atoms with Crippen LogP contribution in [0.25, 0.3) is 10.9 Å². The molecule has 1 aromatic carbocycles. The Morgan fingerprint density at radius 2 is 1.85 bits per heavy atom. The summed E-state index contributed by atoms with van der Waals surface area (Å²) in [5.41, 5.74) is 3.30. The lowest BCUT2D eigenvalue weighted by molar-refractivity contribution is 0.233. The van der Waals surface area contributed by atoms with Crippen LogP contribution in [-0.4, -0.2) is 29.1 Å². The maximum atomic E-state index is 4.60. The first kappa shape index (κ1) is 14.8. The number of nitrogens with zero attached hydrogens (tertiary/aromatic N) is 2. The summed E-state index contributed by atoms with van der Waals surface area (Å²) >= 11 is 0. The van der Waals surface area contributed by atoms with Gasteiger partial charge in [-0.2, -0.15) is 0 Å². The molecule has 2 rings (SSSR count). The zero-order chi connectivity index (χ0) is 14.5. The largest absolute Gasteiger partial charge is 0.369 e. The molecule has 1 heterocycles. The van der Waals surface area contributed by atoms with Gasteiger partial charge in [-0.15, -0.1) is 0 Å². The molecule has 3 heteroatoms. The third kappa shape index (κ3) is 3.10. The highest BCUT2D eigenvalue weighted by Crippen LogP contribution is 2.24. The van der Waals surface area contributed by atoms with Crippen LogP contribution in [0.15, 0.2) is 30.3 Å². The van der Waals surface area contributed by atoms with Gasteiger partial charge >= 0.3 is 0 Å². The third-order valence-corrected chi connectivity index (χ3v) is 3.81. The van der Waals surface area contributed by atoms with Crippen molar-refractivity contribution >= 4 is 16.6 Å². The number of nitrogens with one attached hydrogen (secondary N) is 1. The maximum absolute atomic E-state index is 4.60. The molecular weight excluding hydrogens is 246 g/mol. The minimum Gasteiger partial charge on any atom is -0.369 e. The van der Waals surface area contributed by atoms with Gasteiger partial charge in [-0.3, -0.25) is 9.88 Å². The molecule has 3 nitrogen and oxygen atoms in total. The average molecular weight is 271 g/mol. The number of hydrogen-bond acceptors (Lipinski definition) is 3.